The molecule has 2 N–H and O–H groups in total. The third-order valence-electron chi connectivity index (χ3n) is 3.04. The lowest BCUT2D eigenvalue weighted by Gasteiger charge is -2.08. The molecule has 22 heavy (non-hydrogen) atoms. The highest BCUT2D eigenvalue weighted by Gasteiger charge is 2.20. The van der Waals surface area contributed by atoms with Crippen molar-refractivity contribution in [2.45, 2.75) is 26.3 Å². The second-order valence-electron chi connectivity index (χ2n) is 4.61. The first kappa shape index (κ1) is 17.3. The van der Waals surface area contributed by atoms with Crippen LogP contribution in [0.4, 0.5) is 0 Å². The Morgan fingerprint density at radius 1 is 1.64 bits per heavy atom. The summed E-state index contributed by atoms with van der Waals surface area (Å²) in [6.07, 6.45) is 4.69. The van der Waals surface area contributed by atoms with Gasteiger partial charge in [0, 0.05) is 29.3 Å². The predicted molar refractivity (Wildman–Crippen MR) is 80.6 cm³/mol. The van der Waals surface area contributed by atoms with Gasteiger partial charge in [0.15, 0.2) is 0 Å². The Bertz CT molecular complexity index is 584. The summed E-state index contributed by atoms with van der Waals surface area (Å²) in [7, 11) is 0. The molecule has 0 aromatic carbocycles. The number of amides is 1. The van der Waals surface area contributed by atoms with E-state index in [4.69, 9.17) is 5.21 Å². The van der Waals surface area contributed by atoms with E-state index in [1.165, 1.54) is 12.3 Å². The molecule has 0 aliphatic carbocycles. The lowest BCUT2D eigenvalue weighted by Crippen LogP contribution is -2.29. The van der Waals surface area contributed by atoms with Crippen molar-refractivity contribution in [2.24, 2.45) is 5.16 Å². The standard InChI is InChI=1S/C14H18N4O4/c1-3-13(18(21)22)10(2)7-12(17-20)9-16-14(19)11-5-4-6-15-8-11/h4-8,13,20H,3,9H2,1-2H3,(H,16,19). The van der Waals surface area contributed by atoms with Gasteiger partial charge in [0.25, 0.3) is 5.91 Å². The Labute approximate surface area is 127 Å². The molecule has 8 nitrogen and oxygen atoms in total. The maximum absolute atomic E-state index is 11.8. The number of nitrogens with zero attached hydrogens (tertiary/aromatic N) is 3. The third kappa shape index (κ3) is 4.97. The van der Waals surface area contributed by atoms with Crippen LogP contribution in [0.2, 0.25) is 0 Å². The van der Waals surface area contributed by atoms with Crippen LogP contribution in [0.5, 0.6) is 0 Å². The first-order chi connectivity index (χ1) is 10.5. The van der Waals surface area contributed by atoms with Gasteiger partial charge in [0.2, 0.25) is 6.04 Å². The highest BCUT2D eigenvalue weighted by molar-refractivity contribution is 6.01. The van der Waals surface area contributed by atoms with Crippen LogP contribution in [0.25, 0.3) is 0 Å². The molecule has 0 aliphatic rings. The second-order valence-corrected chi connectivity index (χ2v) is 4.61. The molecule has 0 spiro atoms. The quantitative estimate of drug-likeness (QED) is 0.343. The van der Waals surface area contributed by atoms with Gasteiger partial charge in [-0.1, -0.05) is 12.1 Å². The normalized spacial score (nSPS) is 13.5. The molecule has 0 saturated carbocycles. The number of hydrogen-bond acceptors (Lipinski definition) is 6. The summed E-state index contributed by atoms with van der Waals surface area (Å²) in [6.45, 7) is 3.24. The van der Waals surface area contributed by atoms with Gasteiger partial charge in [-0.15, -0.1) is 0 Å². The zero-order valence-electron chi connectivity index (χ0n) is 12.4. The van der Waals surface area contributed by atoms with Crippen LogP contribution >= 0.6 is 0 Å². The Kier molecular flexibility index (Phi) is 6.68. The fourth-order valence-electron chi connectivity index (χ4n) is 1.88. The third-order valence-corrected chi connectivity index (χ3v) is 3.04. The average molecular weight is 306 g/mol. The zero-order chi connectivity index (χ0) is 16.5. The van der Waals surface area contributed by atoms with Gasteiger partial charge in [0.1, 0.15) is 0 Å². The maximum atomic E-state index is 11.8. The Hall–Kier alpha value is -2.77. The van der Waals surface area contributed by atoms with Gasteiger partial charge in [-0.3, -0.25) is 19.9 Å². The number of nitro groups is 1. The molecule has 0 radical (unpaired) electrons. The van der Waals surface area contributed by atoms with Gasteiger partial charge < -0.3 is 10.5 Å². The van der Waals surface area contributed by atoms with Crippen LogP contribution in [-0.2, 0) is 0 Å². The summed E-state index contributed by atoms with van der Waals surface area (Å²) in [6, 6.07) is 2.38. The number of nitrogens with one attached hydrogen (secondary N) is 1. The molecule has 0 saturated heterocycles. The molecule has 0 aliphatic heterocycles. The number of carbonyl (C=O) groups is 1. The van der Waals surface area contributed by atoms with Crippen molar-refractivity contribution in [3.63, 3.8) is 0 Å². The SMILES string of the molecule is CCC(C(C)=CC(CNC(=O)c1cccnc1)=NO)[N+](=O)[O-]. The molecule has 1 rings (SSSR count). The molecule has 1 aromatic heterocycles. The van der Waals surface area contributed by atoms with Gasteiger partial charge >= 0.3 is 0 Å². The van der Waals surface area contributed by atoms with Crippen LogP contribution in [0.15, 0.2) is 41.3 Å². The van der Waals surface area contributed by atoms with Crippen LogP contribution < -0.4 is 5.32 Å². The molecule has 1 aromatic rings. The fraction of sp³-hybridized carbons (Fsp3) is 0.357. The van der Waals surface area contributed by atoms with Crippen molar-refractivity contribution in [1.82, 2.24) is 10.3 Å². The Morgan fingerprint density at radius 3 is 2.86 bits per heavy atom. The molecule has 118 valence electrons. The second kappa shape index (κ2) is 8.50. The molecule has 8 heteroatoms. The van der Waals surface area contributed by atoms with Crippen molar-refractivity contribution in [1.29, 1.82) is 0 Å². The van der Waals surface area contributed by atoms with Gasteiger partial charge in [-0.25, -0.2) is 0 Å². The van der Waals surface area contributed by atoms with Gasteiger partial charge in [-0.2, -0.15) is 0 Å². The van der Waals surface area contributed by atoms with E-state index in [0.717, 1.165) is 0 Å². The average Bonchev–Trinajstić information content (AvgIpc) is 2.52. The van der Waals surface area contributed by atoms with E-state index in [0.29, 0.717) is 17.6 Å². The largest absolute Gasteiger partial charge is 0.411 e. The molecule has 1 heterocycles. The van der Waals surface area contributed by atoms with Crippen LogP contribution in [-0.4, -0.2) is 39.3 Å². The predicted octanol–water partition coefficient (Wildman–Crippen LogP) is 1.64. The summed E-state index contributed by atoms with van der Waals surface area (Å²) in [5, 5.41) is 25.5. The van der Waals surface area contributed by atoms with E-state index in [-0.39, 0.29) is 18.2 Å². The zero-order valence-corrected chi connectivity index (χ0v) is 12.4. The molecule has 0 bridgehead atoms. The summed E-state index contributed by atoms with van der Waals surface area (Å²) < 4.78 is 0. The fourth-order valence-corrected chi connectivity index (χ4v) is 1.88. The molecule has 1 atom stereocenters. The minimum absolute atomic E-state index is 0.0459. The molecule has 0 fully saturated rings. The number of hydrogen-bond donors (Lipinski definition) is 2. The van der Waals surface area contributed by atoms with Crippen LogP contribution in [0.3, 0.4) is 0 Å². The van der Waals surface area contributed by atoms with E-state index in [1.807, 2.05) is 0 Å². The summed E-state index contributed by atoms with van der Waals surface area (Å²) in [5.41, 5.74) is 0.961. The first-order valence-electron chi connectivity index (χ1n) is 6.70. The lowest BCUT2D eigenvalue weighted by molar-refractivity contribution is -0.512. The van der Waals surface area contributed by atoms with E-state index in [9.17, 15) is 14.9 Å². The lowest BCUT2D eigenvalue weighted by atomic mass is 10.1. The van der Waals surface area contributed by atoms with Crippen LogP contribution in [0.1, 0.15) is 30.6 Å². The van der Waals surface area contributed by atoms with Crippen molar-refractivity contribution >= 4 is 11.6 Å². The number of oxime groups is 1. The Balaban J connectivity index is 2.70. The molecule has 1 unspecified atom stereocenters. The number of rotatable bonds is 7. The highest BCUT2D eigenvalue weighted by Crippen LogP contribution is 2.09. The van der Waals surface area contributed by atoms with Crippen molar-refractivity contribution in [3.05, 3.63) is 51.9 Å². The monoisotopic (exact) mass is 306 g/mol. The van der Waals surface area contributed by atoms with Crippen molar-refractivity contribution in [2.75, 3.05) is 6.54 Å². The van der Waals surface area contributed by atoms with Gasteiger partial charge in [0.05, 0.1) is 17.8 Å². The minimum Gasteiger partial charge on any atom is -0.411 e. The van der Waals surface area contributed by atoms with Crippen LogP contribution in [0, 0.1) is 10.1 Å². The minimum atomic E-state index is -0.842. The van der Waals surface area contributed by atoms with E-state index in [2.05, 4.69) is 15.5 Å². The highest BCUT2D eigenvalue weighted by atomic mass is 16.6. The van der Waals surface area contributed by atoms with Crippen molar-refractivity contribution in [3.8, 4) is 0 Å². The van der Waals surface area contributed by atoms with E-state index < -0.39 is 11.0 Å². The smallest absolute Gasteiger partial charge is 0.253 e. The summed E-state index contributed by atoms with van der Waals surface area (Å²) in [4.78, 5) is 26.1. The van der Waals surface area contributed by atoms with Crippen molar-refractivity contribution < 1.29 is 14.9 Å². The number of carbonyl (C=O) groups excluding carboxylic acids is 1. The molecule has 1 amide bonds. The van der Waals surface area contributed by atoms with E-state index >= 15 is 0 Å². The molecular formula is C14H18N4O4. The maximum Gasteiger partial charge on any atom is 0.253 e. The van der Waals surface area contributed by atoms with E-state index in [1.54, 1.807) is 32.2 Å². The topological polar surface area (TPSA) is 118 Å². The number of pyridine rings is 1. The summed E-state index contributed by atoms with van der Waals surface area (Å²) >= 11 is 0. The Morgan fingerprint density at radius 2 is 2.36 bits per heavy atom. The molecular weight excluding hydrogens is 288 g/mol. The van der Waals surface area contributed by atoms with Gasteiger partial charge in [-0.05, 0) is 25.1 Å². The first-order valence-corrected chi connectivity index (χ1v) is 6.70. The summed E-state index contributed by atoms with van der Waals surface area (Å²) in [5.74, 6) is -0.373. The number of aromatic nitrogens is 1.